The van der Waals surface area contributed by atoms with Crippen LogP contribution in [0.2, 0.25) is 0 Å². The monoisotopic (exact) mass is 223 g/mol. The maximum absolute atomic E-state index is 5.30. The van der Waals surface area contributed by atoms with Crippen molar-refractivity contribution in [1.29, 1.82) is 0 Å². The zero-order valence-corrected chi connectivity index (χ0v) is 10.7. The highest BCUT2D eigenvalue weighted by Crippen LogP contribution is 2.31. The molecule has 0 aliphatic carbocycles. The lowest BCUT2D eigenvalue weighted by atomic mass is 9.94. The lowest BCUT2D eigenvalue weighted by Crippen LogP contribution is -2.27. The second-order valence-corrected chi connectivity index (χ2v) is 3.98. The van der Waals surface area contributed by atoms with E-state index in [2.05, 4.69) is 25.2 Å². The number of rotatable bonds is 5. The number of methoxy groups -OCH3 is 2. The molecule has 3 nitrogen and oxygen atoms in total. The molecule has 0 fully saturated rings. The van der Waals surface area contributed by atoms with E-state index in [1.165, 1.54) is 5.56 Å². The zero-order valence-electron chi connectivity index (χ0n) is 10.7. The molecule has 0 saturated carbocycles. The van der Waals surface area contributed by atoms with Gasteiger partial charge in [-0.3, -0.25) is 0 Å². The van der Waals surface area contributed by atoms with Gasteiger partial charge in [-0.15, -0.1) is 0 Å². The average Bonchev–Trinajstić information content (AvgIpc) is 2.35. The summed E-state index contributed by atoms with van der Waals surface area (Å²) in [6, 6.07) is 6.50. The summed E-state index contributed by atoms with van der Waals surface area (Å²) in [7, 11) is 5.28. The van der Waals surface area contributed by atoms with Crippen molar-refractivity contribution in [2.24, 2.45) is 0 Å². The Balaban J connectivity index is 2.98. The molecule has 3 heteroatoms. The number of likely N-dealkylation sites (N-methyl/N-ethyl adjacent to an activating group) is 1. The van der Waals surface area contributed by atoms with Crippen molar-refractivity contribution < 1.29 is 9.47 Å². The van der Waals surface area contributed by atoms with Crippen LogP contribution in [0.25, 0.3) is 0 Å². The molecule has 0 heterocycles. The summed E-state index contributed by atoms with van der Waals surface area (Å²) in [5.41, 5.74) is 1.25. The standard InChI is InChI=1S/C13H21NO2/c1-9(10(2)14-3)11-6-7-12(15-4)13(8-11)16-5/h6-10,14H,1-5H3. The third-order valence-electron chi connectivity index (χ3n) is 3.14. The average molecular weight is 223 g/mol. The van der Waals surface area contributed by atoms with E-state index < -0.39 is 0 Å². The van der Waals surface area contributed by atoms with Crippen LogP contribution in [0, 0.1) is 0 Å². The highest BCUT2D eigenvalue weighted by Gasteiger charge is 2.14. The van der Waals surface area contributed by atoms with Crippen molar-refractivity contribution in [3.63, 3.8) is 0 Å². The predicted octanol–water partition coefficient (Wildman–Crippen LogP) is 2.42. The second-order valence-electron chi connectivity index (χ2n) is 3.98. The Morgan fingerprint density at radius 2 is 1.69 bits per heavy atom. The molecule has 0 amide bonds. The third kappa shape index (κ3) is 2.67. The van der Waals surface area contributed by atoms with Gasteiger partial charge in [-0.1, -0.05) is 13.0 Å². The minimum Gasteiger partial charge on any atom is -0.493 e. The van der Waals surface area contributed by atoms with Gasteiger partial charge in [0.1, 0.15) is 0 Å². The van der Waals surface area contributed by atoms with Gasteiger partial charge in [-0.2, -0.15) is 0 Å². The van der Waals surface area contributed by atoms with Crippen molar-refractivity contribution >= 4 is 0 Å². The number of nitrogens with one attached hydrogen (secondary N) is 1. The van der Waals surface area contributed by atoms with E-state index in [0.717, 1.165) is 11.5 Å². The van der Waals surface area contributed by atoms with Crippen LogP contribution in [0.1, 0.15) is 25.3 Å². The molecule has 2 unspecified atom stereocenters. The Kier molecular flexibility index (Phi) is 4.62. The number of benzene rings is 1. The number of hydrogen-bond acceptors (Lipinski definition) is 3. The first kappa shape index (κ1) is 12.8. The summed E-state index contributed by atoms with van der Waals surface area (Å²) in [6.07, 6.45) is 0. The van der Waals surface area contributed by atoms with Gasteiger partial charge < -0.3 is 14.8 Å². The molecule has 1 aromatic rings. The van der Waals surface area contributed by atoms with Crippen LogP contribution in [0.4, 0.5) is 0 Å². The fraction of sp³-hybridized carbons (Fsp3) is 0.538. The van der Waals surface area contributed by atoms with E-state index >= 15 is 0 Å². The largest absolute Gasteiger partial charge is 0.493 e. The van der Waals surface area contributed by atoms with Gasteiger partial charge >= 0.3 is 0 Å². The van der Waals surface area contributed by atoms with Gasteiger partial charge in [0.2, 0.25) is 0 Å². The Hall–Kier alpha value is -1.22. The molecule has 16 heavy (non-hydrogen) atoms. The lowest BCUT2D eigenvalue weighted by molar-refractivity contribution is 0.354. The van der Waals surface area contributed by atoms with Gasteiger partial charge in [-0.05, 0) is 37.6 Å². The van der Waals surface area contributed by atoms with Crippen LogP contribution in [-0.2, 0) is 0 Å². The highest BCUT2D eigenvalue weighted by atomic mass is 16.5. The molecule has 0 radical (unpaired) electrons. The minimum absolute atomic E-state index is 0.429. The summed E-state index contributed by atoms with van der Waals surface area (Å²) in [5.74, 6) is 2.00. The molecule has 0 aliphatic rings. The maximum Gasteiger partial charge on any atom is 0.160 e. The Bertz CT molecular complexity index is 339. The first-order chi connectivity index (χ1) is 7.63. The molecule has 1 aromatic carbocycles. The van der Waals surface area contributed by atoms with Crippen LogP contribution >= 0.6 is 0 Å². The first-order valence-electron chi connectivity index (χ1n) is 5.53. The molecule has 0 saturated heterocycles. The molecule has 1 N–H and O–H groups in total. The zero-order chi connectivity index (χ0) is 12.1. The molecular formula is C13H21NO2. The Labute approximate surface area is 97.8 Å². The fourth-order valence-corrected chi connectivity index (χ4v) is 1.67. The van der Waals surface area contributed by atoms with E-state index in [4.69, 9.17) is 9.47 Å². The van der Waals surface area contributed by atoms with Crippen molar-refractivity contribution in [2.45, 2.75) is 25.8 Å². The van der Waals surface area contributed by atoms with E-state index in [1.807, 2.05) is 19.2 Å². The summed E-state index contributed by atoms with van der Waals surface area (Å²) >= 11 is 0. The Morgan fingerprint density at radius 3 is 2.19 bits per heavy atom. The SMILES string of the molecule is CNC(C)C(C)c1ccc(OC)c(OC)c1. The fourth-order valence-electron chi connectivity index (χ4n) is 1.67. The summed E-state index contributed by atoms with van der Waals surface area (Å²) in [5, 5.41) is 3.26. The summed E-state index contributed by atoms with van der Waals surface area (Å²) in [6.45, 7) is 4.36. The quantitative estimate of drug-likeness (QED) is 0.831. The van der Waals surface area contributed by atoms with Gasteiger partial charge in [0, 0.05) is 6.04 Å². The molecule has 90 valence electrons. The minimum atomic E-state index is 0.429. The lowest BCUT2D eigenvalue weighted by Gasteiger charge is -2.20. The number of hydrogen-bond donors (Lipinski definition) is 1. The molecule has 0 aromatic heterocycles. The molecule has 0 spiro atoms. The molecule has 1 rings (SSSR count). The van der Waals surface area contributed by atoms with Gasteiger partial charge in [0.05, 0.1) is 14.2 Å². The van der Waals surface area contributed by atoms with Gasteiger partial charge in [0.15, 0.2) is 11.5 Å². The van der Waals surface area contributed by atoms with Crippen molar-refractivity contribution in [2.75, 3.05) is 21.3 Å². The summed E-state index contributed by atoms with van der Waals surface area (Å²) in [4.78, 5) is 0. The molecule has 0 bridgehead atoms. The highest BCUT2D eigenvalue weighted by molar-refractivity contribution is 5.44. The maximum atomic E-state index is 5.30. The normalized spacial score (nSPS) is 14.3. The van der Waals surface area contributed by atoms with Crippen molar-refractivity contribution in [3.8, 4) is 11.5 Å². The molecule has 0 aliphatic heterocycles. The van der Waals surface area contributed by atoms with Crippen molar-refractivity contribution in [3.05, 3.63) is 23.8 Å². The number of ether oxygens (including phenoxy) is 2. The van der Waals surface area contributed by atoms with Crippen LogP contribution in [0.15, 0.2) is 18.2 Å². The second kappa shape index (κ2) is 5.75. The van der Waals surface area contributed by atoms with Crippen LogP contribution in [0.5, 0.6) is 11.5 Å². The smallest absolute Gasteiger partial charge is 0.160 e. The van der Waals surface area contributed by atoms with E-state index in [-0.39, 0.29) is 0 Å². The third-order valence-corrected chi connectivity index (χ3v) is 3.14. The molecule has 2 atom stereocenters. The van der Waals surface area contributed by atoms with Crippen LogP contribution in [0.3, 0.4) is 0 Å². The molecular weight excluding hydrogens is 202 g/mol. The first-order valence-corrected chi connectivity index (χ1v) is 5.53. The van der Waals surface area contributed by atoms with Crippen LogP contribution in [-0.4, -0.2) is 27.3 Å². The topological polar surface area (TPSA) is 30.5 Å². The Morgan fingerprint density at radius 1 is 1.06 bits per heavy atom. The predicted molar refractivity (Wildman–Crippen MR) is 66.5 cm³/mol. The van der Waals surface area contributed by atoms with Crippen molar-refractivity contribution in [1.82, 2.24) is 5.32 Å². The van der Waals surface area contributed by atoms with E-state index in [0.29, 0.717) is 12.0 Å². The summed E-state index contributed by atoms with van der Waals surface area (Å²) < 4.78 is 10.5. The van der Waals surface area contributed by atoms with E-state index in [9.17, 15) is 0 Å². The van der Waals surface area contributed by atoms with Gasteiger partial charge in [0.25, 0.3) is 0 Å². The van der Waals surface area contributed by atoms with Gasteiger partial charge in [-0.25, -0.2) is 0 Å². The van der Waals surface area contributed by atoms with E-state index in [1.54, 1.807) is 14.2 Å². The van der Waals surface area contributed by atoms with Crippen LogP contribution < -0.4 is 14.8 Å².